The molecule has 0 N–H and O–H groups in total. The molecule has 0 spiro atoms. The van der Waals surface area contributed by atoms with Gasteiger partial charge in [-0.15, -0.1) is 0 Å². The van der Waals surface area contributed by atoms with Gasteiger partial charge >= 0.3 is 0 Å². The van der Waals surface area contributed by atoms with Crippen molar-refractivity contribution in [1.82, 2.24) is 14.9 Å². The topological polar surface area (TPSA) is 58.6 Å². The first-order chi connectivity index (χ1) is 12.2. The van der Waals surface area contributed by atoms with Crippen LogP contribution < -0.4 is 4.90 Å². The number of ether oxygens (including phenoxy) is 1. The van der Waals surface area contributed by atoms with E-state index in [9.17, 15) is 9.18 Å². The molecule has 25 heavy (non-hydrogen) atoms. The summed E-state index contributed by atoms with van der Waals surface area (Å²) in [5.41, 5.74) is 0.328. The van der Waals surface area contributed by atoms with E-state index in [4.69, 9.17) is 4.74 Å². The number of aromatic nitrogens is 2. The summed E-state index contributed by atoms with van der Waals surface area (Å²) in [6.07, 6.45) is 3.19. The molecule has 1 atom stereocenters. The van der Waals surface area contributed by atoms with Crippen molar-refractivity contribution in [3.05, 3.63) is 30.3 Å². The summed E-state index contributed by atoms with van der Waals surface area (Å²) in [5, 5.41) is 0.696. The normalized spacial score (nSPS) is 21.6. The Kier molecular flexibility index (Phi) is 4.48. The van der Waals surface area contributed by atoms with Crippen LogP contribution in [-0.4, -0.2) is 60.2 Å². The molecule has 2 saturated heterocycles. The largest absolute Gasteiger partial charge is 0.378 e. The third-order valence-electron chi connectivity index (χ3n) is 4.99. The fraction of sp³-hybridized carbons (Fsp3) is 0.500. The van der Waals surface area contributed by atoms with Gasteiger partial charge in [0.1, 0.15) is 23.5 Å². The second-order valence-electron chi connectivity index (χ2n) is 6.56. The van der Waals surface area contributed by atoms with E-state index < -0.39 is 0 Å². The van der Waals surface area contributed by atoms with Crippen LogP contribution >= 0.6 is 0 Å². The van der Waals surface area contributed by atoms with E-state index in [0.717, 1.165) is 19.4 Å². The Hall–Kier alpha value is -2.28. The molecular formula is C18H21FN4O2. The van der Waals surface area contributed by atoms with Gasteiger partial charge in [0, 0.05) is 31.6 Å². The number of para-hydroxylation sites is 1. The number of carbonyl (C=O) groups is 1. The summed E-state index contributed by atoms with van der Waals surface area (Å²) in [6, 6.07) is 4.91. The molecule has 6 nitrogen and oxygen atoms in total. The van der Waals surface area contributed by atoms with Gasteiger partial charge in [-0.1, -0.05) is 6.07 Å². The van der Waals surface area contributed by atoms with Gasteiger partial charge in [-0.3, -0.25) is 4.79 Å². The first-order valence-electron chi connectivity index (χ1n) is 8.75. The van der Waals surface area contributed by atoms with Crippen LogP contribution in [0.2, 0.25) is 0 Å². The van der Waals surface area contributed by atoms with Crippen molar-refractivity contribution >= 4 is 22.6 Å². The summed E-state index contributed by atoms with van der Waals surface area (Å²) in [4.78, 5) is 25.2. The second-order valence-corrected chi connectivity index (χ2v) is 6.56. The predicted octanol–water partition coefficient (Wildman–Crippen LogP) is 1.84. The van der Waals surface area contributed by atoms with Crippen molar-refractivity contribution in [2.24, 2.45) is 5.92 Å². The number of carbonyl (C=O) groups excluding carboxylic acids is 1. The first kappa shape index (κ1) is 16.2. The number of amides is 1. The van der Waals surface area contributed by atoms with Gasteiger partial charge < -0.3 is 14.5 Å². The minimum absolute atomic E-state index is 0.0505. The summed E-state index contributed by atoms with van der Waals surface area (Å²) >= 11 is 0. The van der Waals surface area contributed by atoms with Crippen LogP contribution in [-0.2, 0) is 9.53 Å². The highest BCUT2D eigenvalue weighted by molar-refractivity contribution is 5.90. The van der Waals surface area contributed by atoms with Crippen molar-refractivity contribution < 1.29 is 13.9 Å². The van der Waals surface area contributed by atoms with Crippen LogP contribution in [0.5, 0.6) is 0 Å². The SMILES string of the molecule is O=C(C1CCCN(c2ncnc3c(F)cccc23)C1)N1CCOCC1. The Morgan fingerprint density at radius 1 is 1.20 bits per heavy atom. The van der Waals surface area contributed by atoms with Gasteiger partial charge in [-0.05, 0) is 25.0 Å². The van der Waals surface area contributed by atoms with Gasteiger partial charge in [0.2, 0.25) is 5.91 Å². The van der Waals surface area contributed by atoms with Crippen LogP contribution in [0.25, 0.3) is 10.9 Å². The number of nitrogens with zero attached hydrogens (tertiary/aromatic N) is 4. The molecule has 2 aromatic rings. The lowest BCUT2D eigenvalue weighted by Crippen LogP contribution is -2.48. The Bertz CT molecular complexity index is 779. The Balaban J connectivity index is 1.57. The third kappa shape index (κ3) is 3.16. The minimum Gasteiger partial charge on any atom is -0.378 e. The third-order valence-corrected chi connectivity index (χ3v) is 4.99. The fourth-order valence-corrected chi connectivity index (χ4v) is 3.70. The molecule has 4 rings (SSSR count). The molecule has 1 amide bonds. The summed E-state index contributed by atoms with van der Waals surface area (Å²) in [5.74, 6) is 0.506. The Labute approximate surface area is 145 Å². The van der Waals surface area contributed by atoms with E-state index in [1.54, 1.807) is 6.07 Å². The van der Waals surface area contributed by atoms with E-state index in [0.29, 0.717) is 49.6 Å². The first-order valence-corrected chi connectivity index (χ1v) is 8.75. The molecule has 1 unspecified atom stereocenters. The highest BCUT2D eigenvalue weighted by Crippen LogP contribution is 2.29. The van der Waals surface area contributed by atoms with Crippen LogP contribution in [0.4, 0.5) is 10.2 Å². The van der Waals surface area contributed by atoms with Gasteiger partial charge in [-0.2, -0.15) is 0 Å². The quantitative estimate of drug-likeness (QED) is 0.832. The van der Waals surface area contributed by atoms with Crippen molar-refractivity contribution in [3.63, 3.8) is 0 Å². The maximum absolute atomic E-state index is 14.0. The zero-order chi connectivity index (χ0) is 17.2. The van der Waals surface area contributed by atoms with Gasteiger partial charge in [-0.25, -0.2) is 14.4 Å². The molecule has 3 heterocycles. The Morgan fingerprint density at radius 2 is 2.04 bits per heavy atom. The zero-order valence-corrected chi connectivity index (χ0v) is 14.0. The van der Waals surface area contributed by atoms with Crippen LogP contribution in [0, 0.1) is 11.7 Å². The number of fused-ring (bicyclic) bond motifs is 1. The molecule has 0 saturated carbocycles. The molecule has 2 aliphatic heterocycles. The summed E-state index contributed by atoms with van der Waals surface area (Å²) < 4.78 is 19.3. The predicted molar refractivity (Wildman–Crippen MR) is 91.8 cm³/mol. The zero-order valence-electron chi connectivity index (χ0n) is 14.0. The summed E-state index contributed by atoms with van der Waals surface area (Å²) in [6.45, 7) is 3.97. The second kappa shape index (κ2) is 6.92. The monoisotopic (exact) mass is 344 g/mol. The molecule has 1 aromatic heterocycles. The molecule has 132 valence electrons. The lowest BCUT2D eigenvalue weighted by atomic mass is 9.96. The van der Waals surface area contributed by atoms with E-state index in [1.165, 1.54) is 12.4 Å². The highest BCUT2D eigenvalue weighted by atomic mass is 19.1. The van der Waals surface area contributed by atoms with Crippen molar-refractivity contribution in [2.75, 3.05) is 44.3 Å². The molecule has 2 aliphatic rings. The van der Waals surface area contributed by atoms with E-state index >= 15 is 0 Å². The van der Waals surface area contributed by atoms with E-state index in [-0.39, 0.29) is 17.6 Å². The standard InChI is InChI=1S/C18H21FN4O2/c19-15-5-1-4-14-16(15)20-12-21-17(14)23-6-2-3-13(11-23)18(24)22-7-9-25-10-8-22/h1,4-5,12-13H,2-3,6-11H2. The molecule has 0 radical (unpaired) electrons. The highest BCUT2D eigenvalue weighted by Gasteiger charge is 2.31. The van der Waals surface area contributed by atoms with E-state index in [1.807, 2.05) is 11.0 Å². The smallest absolute Gasteiger partial charge is 0.227 e. The average molecular weight is 344 g/mol. The van der Waals surface area contributed by atoms with Gasteiger partial charge in [0.25, 0.3) is 0 Å². The number of hydrogen-bond donors (Lipinski definition) is 0. The van der Waals surface area contributed by atoms with Crippen LogP contribution in [0.3, 0.4) is 0 Å². The van der Waals surface area contributed by atoms with Gasteiger partial charge in [0.05, 0.1) is 19.1 Å². The molecule has 0 bridgehead atoms. The number of anilines is 1. The molecule has 1 aromatic carbocycles. The number of halogens is 1. The van der Waals surface area contributed by atoms with Crippen LogP contribution in [0.1, 0.15) is 12.8 Å². The molecule has 7 heteroatoms. The molecule has 0 aliphatic carbocycles. The van der Waals surface area contributed by atoms with Crippen molar-refractivity contribution in [3.8, 4) is 0 Å². The lowest BCUT2D eigenvalue weighted by molar-refractivity contribution is -0.139. The molecular weight excluding hydrogens is 323 g/mol. The number of hydrogen-bond acceptors (Lipinski definition) is 5. The number of benzene rings is 1. The maximum atomic E-state index is 14.0. The van der Waals surface area contributed by atoms with Gasteiger partial charge in [0.15, 0.2) is 0 Å². The van der Waals surface area contributed by atoms with Crippen molar-refractivity contribution in [1.29, 1.82) is 0 Å². The lowest BCUT2D eigenvalue weighted by Gasteiger charge is -2.37. The number of morpholine rings is 1. The fourth-order valence-electron chi connectivity index (χ4n) is 3.70. The van der Waals surface area contributed by atoms with Crippen molar-refractivity contribution in [2.45, 2.75) is 12.8 Å². The minimum atomic E-state index is -0.348. The molecule has 2 fully saturated rings. The maximum Gasteiger partial charge on any atom is 0.227 e. The Morgan fingerprint density at radius 3 is 2.88 bits per heavy atom. The average Bonchev–Trinajstić information content (AvgIpc) is 2.68. The van der Waals surface area contributed by atoms with Crippen LogP contribution in [0.15, 0.2) is 24.5 Å². The number of rotatable bonds is 2. The number of piperidine rings is 1. The van der Waals surface area contributed by atoms with E-state index in [2.05, 4.69) is 14.9 Å². The summed E-state index contributed by atoms with van der Waals surface area (Å²) in [7, 11) is 0.